The molecule has 2 aliphatic heterocycles. The van der Waals surface area contributed by atoms with Gasteiger partial charge in [-0.2, -0.15) is 0 Å². The molecule has 3 rings (SSSR count). The predicted molar refractivity (Wildman–Crippen MR) is 88.5 cm³/mol. The summed E-state index contributed by atoms with van der Waals surface area (Å²) < 4.78 is 25.6. The fourth-order valence-electron chi connectivity index (χ4n) is 3.77. The summed E-state index contributed by atoms with van der Waals surface area (Å²) in [5.74, 6) is -0.711. The number of aliphatic carboxylic acids is 1. The molecule has 0 unspecified atom stereocenters. The van der Waals surface area contributed by atoms with Gasteiger partial charge in [0.2, 0.25) is 10.0 Å². The standard InChI is InChI=1S/C15H22N4O4S/c1-2-24(22,23)19-8-12-7-18(9-15(12,10-19)14(20)21)6-11-4-3-5-17-13(11)16/h3-5,12H,2,6-10H2,1H3,(H2,16,17)(H,20,21)/t12-,15-/m0/s1. The Morgan fingerprint density at radius 1 is 1.46 bits per heavy atom. The minimum atomic E-state index is -3.37. The van der Waals surface area contributed by atoms with E-state index in [0.717, 1.165) is 5.56 Å². The summed E-state index contributed by atoms with van der Waals surface area (Å²) in [7, 11) is -3.37. The van der Waals surface area contributed by atoms with Crippen LogP contribution in [-0.4, -0.2) is 65.6 Å². The number of carboxylic acid groups (broad SMARTS) is 1. The topological polar surface area (TPSA) is 117 Å². The number of sulfonamides is 1. The number of hydrogen-bond donors (Lipinski definition) is 2. The highest BCUT2D eigenvalue weighted by molar-refractivity contribution is 7.89. The molecule has 0 bridgehead atoms. The van der Waals surface area contributed by atoms with Crippen LogP contribution in [0, 0.1) is 11.3 Å². The van der Waals surface area contributed by atoms with E-state index in [4.69, 9.17) is 5.73 Å². The highest BCUT2D eigenvalue weighted by Gasteiger charge is 2.59. The van der Waals surface area contributed by atoms with Crippen molar-refractivity contribution in [2.45, 2.75) is 13.5 Å². The normalized spacial score (nSPS) is 28.1. The molecule has 0 radical (unpaired) electrons. The summed E-state index contributed by atoms with van der Waals surface area (Å²) in [4.78, 5) is 18.0. The summed E-state index contributed by atoms with van der Waals surface area (Å²) >= 11 is 0. The van der Waals surface area contributed by atoms with Gasteiger partial charge in [0.1, 0.15) is 5.82 Å². The average Bonchev–Trinajstić information content (AvgIpc) is 3.05. The van der Waals surface area contributed by atoms with Crippen LogP contribution < -0.4 is 5.73 Å². The van der Waals surface area contributed by atoms with Crippen molar-refractivity contribution < 1.29 is 18.3 Å². The Bertz CT molecular complexity index is 754. The summed E-state index contributed by atoms with van der Waals surface area (Å²) in [6, 6.07) is 3.67. The molecule has 1 aromatic heterocycles. The van der Waals surface area contributed by atoms with Crippen LogP contribution in [0.25, 0.3) is 0 Å². The van der Waals surface area contributed by atoms with E-state index in [1.807, 2.05) is 11.0 Å². The maximum Gasteiger partial charge on any atom is 0.312 e. The SMILES string of the molecule is CCS(=O)(=O)N1C[C@@H]2CN(Cc3cccnc3N)C[C@]2(C(=O)O)C1. The van der Waals surface area contributed by atoms with Gasteiger partial charge in [0.25, 0.3) is 0 Å². The van der Waals surface area contributed by atoms with E-state index >= 15 is 0 Å². The Hall–Kier alpha value is -1.71. The van der Waals surface area contributed by atoms with Crippen LogP contribution in [0.5, 0.6) is 0 Å². The number of likely N-dealkylation sites (tertiary alicyclic amines) is 1. The Morgan fingerprint density at radius 3 is 2.79 bits per heavy atom. The second-order valence-electron chi connectivity index (χ2n) is 6.57. The highest BCUT2D eigenvalue weighted by atomic mass is 32.2. The van der Waals surface area contributed by atoms with E-state index in [2.05, 4.69) is 4.98 Å². The van der Waals surface area contributed by atoms with Crippen molar-refractivity contribution in [3.63, 3.8) is 0 Å². The third-order valence-corrected chi connectivity index (χ3v) is 6.95. The van der Waals surface area contributed by atoms with Gasteiger partial charge in [0, 0.05) is 50.4 Å². The molecule has 3 N–H and O–H groups in total. The van der Waals surface area contributed by atoms with Crippen LogP contribution in [0.2, 0.25) is 0 Å². The Kier molecular flexibility index (Phi) is 4.27. The Balaban J connectivity index is 1.79. The summed E-state index contributed by atoms with van der Waals surface area (Å²) in [5, 5.41) is 9.78. The molecular formula is C15H22N4O4S. The first-order valence-corrected chi connectivity index (χ1v) is 9.52. The number of nitrogen functional groups attached to an aromatic ring is 1. The van der Waals surface area contributed by atoms with Crippen LogP contribution in [-0.2, 0) is 21.4 Å². The van der Waals surface area contributed by atoms with Gasteiger partial charge in [-0.25, -0.2) is 17.7 Å². The van der Waals surface area contributed by atoms with Crippen LogP contribution >= 0.6 is 0 Å². The predicted octanol–water partition coefficient (Wildman–Crippen LogP) is -0.168. The van der Waals surface area contributed by atoms with Gasteiger partial charge in [-0.1, -0.05) is 6.07 Å². The number of rotatable bonds is 5. The zero-order valence-electron chi connectivity index (χ0n) is 13.6. The first-order valence-electron chi connectivity index (χ1n) is 7.91. The summed E-state index contributed by atoms with van der Waals surface area (Å²) in [5.41, 5.74) is 5.68. The van der Waals surface area contributed by atoms with Crippen molar-refractivity contribution in [2.75, 3.05) is 37.7 Å². The quantitative estimate of drug-likeness (QED) is 0.754. The van der Waals surface area contributed by atoms with E-state index in [-0.39, 0.29) is 24.8 Å². The summed E-state index contributed by atoms with van der Waals surface area (Å²) in [6.45, 7) is 3.26. The van der Waals surface area contributed by atoms with Crippen LogP contribution in [0.15, 0.2) is 18.3 Å². The zero-order chi connectivity index (χ0) is 17.5. The number of aromatic nitrogens is 1. The van der Waals surface area contributed by atoms with Crippen molar-refractivity contribution in [3.05, 3.63) is 23.9 Å². The third-order valence-electron chi connectivity index (χ3n) is 5.15. The molecule has 132 valence electrons. The molecule has 2 saturated heterocycles. The van der Waals surface area contributed by atoms with Gasteiger partial charge >= 0.3 is 5.97 Å². The van der Waals surface area contributed by atoms with E-state index in [1.165, 1.54) is 4.31 Å². The summed E-state index contributed by atoms with van der Waals surface area (Å²) in [6.07, 6.45) is 1.61. The molecule has 9 heteroatoms. The fourth-order valence-corrected chi connectivity index (χ4v) is 4.97. The molecular weight excluding hydrogens is 332 g/mol. The molecule has 1 aromatic rings. The first-order chi connectivity index (χ1) is 11.3. The van der Waals surface area contributed by atoms with Crippen LogP contribution in [0.3, 0.4) is 0 Å². The Labute approximate surface area is 141 Å². The molecule has 0 spiro atoms. The molecule has 2 fully saturated rings. The second-order valence-corrected chi connectivity index (χ2v) is 8.83. The van der Waals surface area contributed by atoms with Crippen LogP contribution in [0.1, 0.15) is 12.5 Å². The van der Waals surface area contributed by atoms with Crippen LogP contribution in [0.4, 0.5) is 5.82 Å². The number of fused-ring (bicyclic) bond motifs is 1. The monoisotopic (exact) mass is 354 g/mol. The van der Waals surface area contributed by atoms with Crippen molar-refractivity contribution >= 4 is 21.8 Å². The number of anilines is 1. The Morgan fingerprint density at radius 2 is 2.21 bits per heavy atom. The lowest BCUT2D eigenvalue weighted by atomic mass is 9.81. The lowest BCUT2D eigenvalue weighted by Crippen LogP contribution is -2.42. The lowest BCUT2D eigenvalue weighted by Gasteiger charge is -2.25. The van der Waals surface area contributed by atoms with Crippen molar-refractivity contribution in [2.24, 2.45) is 11.3 Å². The molecule has 2 aliphatic rings. The average molecular weight is 354 g/mol. The van der Waals surface area contributed by atoms with E-state index in [0.29, 0.717) is 25.5 Å². The number of hydrogen-bond acceptors (Lipinski definition) is 6. The van der Waals surface area contributed by atoms with E-state index in [1.54, 1.807) is 19.2 Å². The minimum absolute atomic E-state index is 0.00858. The molecule has 2 atom stereocenters. The molecule has 0 saturated carbocycles. The number of nitrogens with two attached hydrogens (primary N) is 1. The molecule has 0 amide bonds. The minimum Gasteiger partial charge on any atom is -0.481 e. The molecule has 3 heterocycles. The van der Waals surface area contributed by atoms with Gasteiger partial charge in [0.05, 0.1) is 11.2 Å². The molecule has 0 aliphatic carbocycles. The number of pyridine rings is 1. The number of nitrogens with zero attached hydrogens (tertiary/aromatic N) is 3. The molecule has 0 aromatic carbocycles. The maximum atomic E-state index is 12.1. The number of carbonyl (C=O) groups is 1. The van der Waals surface area contributed by atoms with Gasteiger partial charge in [-0.3, -0.25) is 9.69 Å². The second kappa shape index (κ2) is 5.98. The molecule has 8 nitrogen and oxygen atoms in total. The zero-order valence-corrected chi connectivity index (χ0v) is 14.4. The van der Waals surface area contributed by atoms with Crippen molar-refractivity contribution in [1.29, 1.82) is 0 Å². The lowest BCUT2D eigenvalue weighted by molar-refractivity contribution is -0.148. The van der Waals surface area contributed by atoms with E-state index in [9.17, 15) is 18.3 Å². The van der Waals surface area contributed by atoms with Crippen molar-refractivity contribution in [3.8, 4) is 0 Å². The first kappa shape index (κ1) is 17.1. The van der Waals surface area contributed by atoms with Gasteiger partial charge in [0.15, 0.2) is 0 Å². The highest BCUT2D eigenvalue weighted by Crippen LogP contribution is 2.44. The van der Waals surface area contributed by atoms with Gasteiger partial charge in [-0.15, -0.1) is 0 Å². The fraction of sp³-hybridized carbons (Fsp3) is 0.600. The van der Waals surface area contributed by atoms with E-state index < -0.39 is 21.4 Å². The maximum absolute atomic E-state index is 12.1. The van der Waals surface area contributed by atoms with Crippen molar-refractivity contribution in [1.82, 2.24) is 14.2 Å². The largest absolute Gasteiger partial charge is 0.481 e. The third kappa shape index (κ3) is 2.76. The molecule has 24 heavy (non-hydrogen) atoms. The van der Waals surface area contributed by atoms with Gasteiger partial charge in [-0.05, 0) is 13.0 Å². The number of carboxylic acids is 1. The van der Waals surface area contributed by atoms with Gasteiger partial charge < -0.3 is 10.8 Å². The smallest absolute Gasteiger partial charge is 0.312 e.